The topological polar surface area (TPSA) is 72.2 Å². The molecule has 0 atom stereocenters. The molecule has 0 radical (unpaired) electrons. The SMILES string of the molecule is O=S(=O)(Nc1ccc(Cl)cc1)c1cc(-c2ccccc2)no1. The molecule has 22 heavy (non-hydrogen) atoms. The second-order valence-corrected chi connectivity index (χ2v) is 6.56. The van der Waals surface area contributed by atoms with Crippen molar-refractivity contribution in [2.24, 2.45) is 0 Å². The van der Waals surface area contributed by atoms with E-state index in [9.17, 15) is 8.42 Å². The van der Waals surface area contributed by atoms with Crippen LogP contribution in [-0.2, 0) is 10.0 Å². The zero-order valence-corrected chi connectivity index (χ0v) is 12.8. The fourth-order valence-electron chi connectivity index (χ4n) is 1.85. The minimum Gasteiger partial charge on any atom is -0.342 e. The summed E-state index contributed by atoms with van der Waals surface area (Å²) in [6.45, 7) is 0. The highest BCUT2D eigenvalue weighted by molar-refractivity contribution is 7.92. The summed E-state index contributed by atoms with van der Waals surface area (Å²) in [6.07, 6.45) is 0. The molecule has 0 saturated carbocycles. The molecule has 2 aromatic carbocycles. The summed E-state index contributed by atoms with van der Waals surface area (Å²) < 4.78 is 31.9. The van der Waals surface area contributed by atoms with Gasteiger partial charge in [0.15, 0.2) is 0 Å². The third kappa shape index (κ3) is 3.13. The third-order valence-electron chi connectivity index (χ3n) is 2.92. The van der Waals surface area contributed by atoms with Gasteiger partial charge in [0.05, 0.1) is 0 Å². The van der Waals surface area contributed by atoms with Crippen LogP contribution in [0.2, 0.25) is 5.02 Å². The normalized spacial score (nSPS) is 11.3. The first kappa shape index (κ1) is 14.6. The Morgan fingerprint density at radius 3 is 2.36 bits per heavy atom. The average Bonchev–Trinajstić information content (AvgIpc) is 3.01. The van der Waals surface area contributed by atoms with Crippen molar-refractivity contribution >= 4 is 27.3 Å². The van der Waals surface area contributed by atoms with Crippen LogP contribution in [0.5, 0.6) is 0 Å². The molecule has 0 fully saturated rings. The van der Waals surface area contributed by atoms with E-state index in [2.05, 4.69) is 9.88 Å². The monoisotopic (exact) mass is 334 g/mol. The van der Waals surface area contributed by atoms with Gasteiger partial charge in [-0.3, -0.25) is 4.72 Å². The number of nitrogens with zero attached hydrogens (tertiary/aromatic N) is 1. The molecule has 5 nitrogen and oxygen atoms in total. The molecular weight excluding hydrogens is 324 g/mol. The summed E-state index contributed by atoms with van der Waals surface area (Å²) in [5.41, 5.74) is 1.62. The fraction of sp³-hybridized carbons (Fsp3) is 0. The largest absolute Gasteiger partial charge is 0.342 e. The van der Waals surface area contributed by atoms with E-state index in [-0.39, 0.29) is 5.09 Å². The van der Waals surface area contributed by atoms with Crippen molar-refractivity contribution in [2.75, 3.05) is 4.72 Å². The van der Waals surface area contributed by atoms with Crippen LogP contribution in [0.3, 0.4) is 0 Å². The first-order valence-electron chi connectivity index (χ1n) is 6.35. The second-order valence-electron chi connectivity index (χ2n) is 4.51. The minimum atomic E-state index is -3.84. The molecule has 0 unspecified atom stereocenters. The van der Waals surface area contributed by atoms with E-state index < -0.39 is 10.0 Å². The number of rotatable bonds is 4. The van der Waals surface area contributed by atoms with Crippen molar-refractivity contribution in [2.45, 2.75) is 5.09 Å². The molecule has 112 valence electrons. The van der Waals surface area contributed by atoms with Gasteiger partial charge in [-0.2, -0.15) is 8.42 Å². The van der Waals surface area contributed by atoms with Gasteiger partial charge in [-0.25, -0.2) is 0 Å². The number of hydrogen-bond donors (Lipinski definition) is 1. The predicted octanol–water partition coefficient (Wildman–Crippen LogP) is 3.80. The van der Waals surface area contributed by atoms with Gasteiger partial charge in [0.25, 0.3) is 15.1 Å². The molecule has 3 rings (SSSR count). The Hall–Kier alpha value is -2.31. The van der Waals surface area contributed by atoms with Crippen LogP contribution in [0, 0.1) is 0 Å². The Morgan fingerprint density at radius 2 is 1.68 bits per heavy atom. The maximum atomic E-state index is 12.3. The summed E-state index contributed by atoms with van der Waals surface area (Å²) in [7, 11) is -3.84. The lowest BCUT2D eigenvalue weighted by molar-refractivity contribution is 0.341. The van der Waals surface area contributed by atoms with Crippen molar-refractivity contribution in [1.82, 2.24) is 5.16 Å². The van der Waals surface area contributed by atoms with Crippen molar-refractivity contribution in [3.63, 3.8) is 0 Å². The number of aromatic nitrogens is 1. The van der Waals surface area contributed by atoms with Gasteiger partial charge in [0.2, 0.25) is 0 Å². The molecule has 0 aliphatic carbocycles. The molecule has 0 saturated heterocycles. The van der Waals surface area contributed by atoms with E-state index >= 15 is 0 Å². The molecule has 7 heteroatoms. The van der Waals surface area contributed by atoms with Crippen LogP contribution < -0.4 is 4.72 Å². The molecule has 1 aromatic heterocycles. The molecule has 0 bridgehead atoms. The van der Waals surface area contributed by atoms with Gasteiger partial charge < -0.3 is 4.52 Å². The highest BCUT2D eigenvalue weighted by Crippen LogP contribution is 2.23. The molecule has 0 aliphatic heterocycles. The molecule has 0 spiro atoms. The van der Waals surface area contributed by atoms with Gasteiger partial charge in [-0.15, -0.1) is 0 Å². The van der Waals surface area contributed by atoms with Gasteiger partial charge >= 0.3 is 0 Å². The summed E-state index contributed by atoms with van der Waals surface area (Å²) in [6, 6.07) is 16.9. The van der Waals surface area contributed by atoms with Gasteiger partial charge in [-0.05, 0) is 24.3 Å². The Kier molecular flexibility index (Phi) is 3.87. The van der Waals surface area contributed by atoms with E-state index in [0.717, 1.165) is 5.56 Å². The standard InChI is InChI=1S/C15H11ClN2O3S/c16-12-6-8-13(9-7-12)18-22(19,20)15-10-14(17-21-15)11-4-2-1-3-5-11/h1-10,18H. The second kappa shape index (κ2) is 5.82. The molecule has 1 heterocycles. The van der Waals surface area contributed by atoms with Crippen molar-refractivity contribution in [3.8, 4) is 11.3 Å². The summed E-state index contributed by atoms with van der Waals surface area (Å²) in [5, 5.41) is 4.07. The fourth-order valence-corrected chi connectivity index (χ4v) is 2.93. The Bertz CT molecular complexity index is 875. The summed E-state index contributed by atoms with van der Waals surface area (Å²) >= 11 is 5.77. The van der Waals surface area contributed by atoms with Crippen LogP contribution >= 0.6 is 11.6 Å². The lowest BCUT2D eigenvalue weighted by Gasteiger charge is -2.04. The van der Waals surface area contributed by atoms with Crippen molar-refractivity contribution in [1.29, 1.82) is 0 Å². The number of hydrogen-bond acceptors (Lipinski definition) is 4. The Morgan fingerprint density at radius 1 is 1.00 bits per heavy atom. The zero-order valence-electron chi connectivity index (χ0n) is 11.2. The maximum absolute atomic E-state index is 12.3. The highest BCUT2D eigenvalue weighted by atomic mass is 35.5. The molecule has 0 aliphatic rings. The number of sulfonamides is 1. The smallest absolute Gasteiger partial charge is 0.298 e. The molecule has 0 amide bonds. The van der Waals surface area contributed by atoms with Crippen LogP contribution in [0.25, 0.3) is 11.3 Å². The van der Waals surface area contributed by atoms with Crippen LogP contribution in [0.15, 0.2) is 70.3 Å². The quantitative estimate of drug-likeness (QED) is 0.787. The van der Waals surface area contributed by atoms with Gasteiger partial charge in [-0.1, -0.05) is 47.1 Å². The third-order valence-corrected chi connectivity index (χ3v) is 4.40. The number of nitrogens with one attached hydrogen (secondary N) is 1. The number of halogens is 1. The van der Waals surface area contributed by atoms with E-state index in [1.165, 1.54) is 6.07 Å². The Balaban J connectivity index is 1.87. The zero-order chi connectivity index (χ0) is 15.6. The van der Waals surface area contributed by atoms with Crippen LogP contribution in [0.1, 0.15) is 0 Å². The van der Waals surface area contributed by atoms with Gasteiger partial charge in [0, 0.05) is 22.3 Å². The van der Waals surface area contributed by atoms with Crippen molar-refractivity contribution in [3.05, 3.63) is 65.7 Å². The average molecular weight is 335 g/mol. The molecular formula is C15H11ClN2O3S. The summed E-state index contributed by atoms with van der Waals surface area (Å²) in [4.78, 5) is 0. The maximum Gasteiger partial charge on any atom is 0.298 e. The van der Waals surface area contributed by atoms with E-state index in [0.29, 0.717) is 16.4 Å². The lowest BCUT2D eigenvalue weighted by atomic mass is 10.2. The van der Waals surface area contributed by atoms with Crippen LogP contribution in [-0.4, -0.2) is 13.6 Å². The minimum absolute atomic E-state index is 0.249. The lowest BCUT2D eigenvalue weighted by Crippen LogP contribution is -2.11. The number of anilines is 1. The first-order valence-corrected chi connectivity index (χ1v) is 8.21. The number of benzene rings is 2. The molecule has 1 N–H and O–H groups in total. The van der Waals surface area contributed by atoms with Crippen molar-refractivity contribution < 1.29 is 12.9 Å². The van der Waals surface area contributed by atoms with E-state index in [1.807, 2.05) is 30.3 Å². The van der Waals surface area contributed by atoms with E-state index in [4.69, 9.17) is 16.1 Å². The van der Waals surface area contributed by atoms with E-state index in [1.54, 1.807) is 24.3 Å². The highest BCUT2D eigenvalue weighted by Gasteiger charge is 2.21. The van der Waals surface area contributed by atoms with Gasteiger partial charge in [0.1, 0.15) is 5.69 Å². The molecule has 3 aromatic rings. The van der Waals surface area contributed by atoms with Crippen LogP contribution in [0.4, 0.5) is 5.69 Å². The summed E-state index contributed by atoms with van der Waals surface area (Å²) in [5.74, 6) is 0. The Labute approximate surface area is 132 Å². The first-order chi connectivity index (χ1) is 10.5. The predicted molar refractivity (Wildman–Crippen MR) is 84.2 cm³/mol.